The number of nitrogens with zero attached hydrogens (tertiary/aromatic N) is 2. The van der Waals surface area contributed by atoms with Crippen molar-refractivity contribution in [3.05, 3.63) is 180 Å². The highest BCUT2D eigenvalue weighted by molar-refractivity contribution is 6.24. The molecule has 4 nitrogen and oxygen atoms in total. The molecule has 1 N–H and O–H groups in total. The van der Waals surface area contributed by atoms with Crippen molar-refractivity contribution < 1.29 is 4.42 Å². The van der Waals surface area contributed by atoms with Crippen LogP contribution < -0.4 is 5.32 Å². The molecule has 222 valence electrons. The van der Waals surface area contributed by atoms with Crippen molar-refractivity contribution in [2.24, 2.45) is 9.98 Å². The third kappa shape index (κ3) is 4.88. The monoisotopic (exact) mass is 603 g/mol. The molecule has 2 heterocycles. The first-order valence-electron chi connectivity index (χ1n) is 15.9. The minimum atomic E-state index is -0.283. The van der Waals surface area contributed by atoms with Crippen LogP contribution in [0.5, 0.6) is 0 Å². The predicted octanol–water partition coefficient (Wildman–Crippen LogP) is 10.6. The van der Waals surface area contributed by atoms with Crippen LogP contribution in [0.3, 0.4) is 0 Å². The molecular weight excluding hydrogens is 574 g/mol. The molecule has 0 saturated heterocycles. The van der Waals surface area contributed by atoms with Crippen LogP contribution in [-0.2, 0) is 0 Å². The van der Waals surface area contributed by atoms with Gasteiger partial charge in [0.15, 0.2) is 5.84 Å². The SMILES string of the molecule is c1ccc(C2=NC(c3ccccc3)NC(c3cccc4oc5cccc(-c6ccc(-c7ccc8ccccc8c7)cc6)c5c34)=N2)cc1. The Kier molecular flexibility index (Phi) is 6.50. The summed E-state index contributed by atoms with van der Waals surface area (Å²) in [5, 5.41) is 8.24. The van der Waals surface area contributed by atoms with Crippen molar-refractivity contribution in [1.82, 2.24) is 5.32 Å². The summed E-state index contributed by atoms with van der Waals surface area (Å²) >= 11 is 0. The van der Waals surface area contributed by atoms with Crippen molar-refractivity contribution in [3.8, 4) is 22.3 Å². The molecule has 1 aliphatic rings. The van der Waals surface area contributed by atoms with Gasteiger partial charge >= 0.3 is 0 Å². The van der Waals surface area contributed by atoms with Crippen LogP contribution in [-0.4, -0.2) is 11.7 Å². The lowest BCUT2D eigenvalue weighted by molar-refractivity contribution is 0.668. The van der Waals surface area contributed by atoms with Crippen LogP contribution in [0.4, 0.5) is 0 Å². The highest BCUT2D eigenvalue weighted by Gasteiger charge is 2.24. The van der Waals surface area contributed by atoms with Crippen LogP contribution in [0.1, 0.15) is 22.9 Å². The van der Waals surface area contributed by atoms with E-state index in [4.69, 9.17) is 14.4 Å². The van der Waals surface area contributed by atoms with E-state index in [2.05, 4.69) is 115 Å². The molecule has 1 aromatic heterocycles. The van der Waals surface area contributed by atoms with Gasteiger partial charge in [0.2, 0.25) is 0 Å². The zero-order chi connectivity index (χ0) is 31.2. The minimum absolute atomic E-state index is 0.283. The molecule has 4 heteroatoms. The van der Waals surface area contributed by atoms with Gasteiger partial charge in [-0.3, -0.25) is 0 Å². The molecule has 1 unspecified atom stereocenters. The highest BCUT2D eigenvalue weighted by Crippen LogP contribution is 2.39. The molecule has 0 bridgehead atoms. The van der Waals surface area contributed by atoms with E-state index in [0.29, 0.717) is 5.84 Å². The molecular formula is C43H29N3O. The van der Waals surface area contributed by atoms with Gasteiger partial charge in [0.25, 0.3) is 0 Å². The minimum Gasteiger partial charge on any atom is -0.456 e. The van der Waals surface area contributed by atoms with Crippen LogP contribution in [0, 0.1) is 0 Å². The molecule has 8 aromatic rings. The third-order valence-corrected chi connectivity index (χ3v) is 8.95. The third-order valence-electron chi connectivity index (χ3n) is 8.95. The second kappa shape index (κ2) is 11.3. The van der Waals surface area contributed by atoms with Gasteiger partial charge in [0, 0.05) is 21.9 Å². The van der Waals surface area contributed by atoms with E-state index in [1.165, 1.54) is 21.9 Å². The number of fused-ring (bicyclic) bond motifs is 4. The van der Waals surface area contributed by atoms with E-state index in [1.807, 2.05) is 54.6 Å². The summed E-state index contributed by atoms with van der Waals surface area (Å²) in [6, 6.07) is 56.9. The van der Waals surface area contributed by atoms with E-state index in [0.717, 1.165) is 55.6 Å². The first kappa shape index (κ1) is 27.1. The normalized spacial score (nSPS) is 14.6. The van der Waals surface area contributed by atoms with E-state index < -0.39 is 0 Å². The first-order chi connectivity index (χ1) is 23.3. The summed E-state index contributed by atoms with van der Waals surface area (Å²) in [5.74, 6) is 1.46. The number of rotatable bonds is 5. The molecule has 0 saturated carbocycles. The smallest absolute Gasteiger partial charge is 0.159 e. The number of hydrogen-bond donors (Lipinski definition) is 1. The fourth-order valence-electron chi connectivity index (χ4n) is 6.62. The average Bonchev–Trinajstić information content (AvgIpc) is 3.55. The van der Waals surface area contributed by atoms with Gasteiger partial charge < -0.3 is 9.73 Å². The topological polar surface area (TPSA) is 49.9 Å². The quantitative estimate of drug-likeness (QED) is 0.213. The summed E-state index contributed by atoms with van der Waals surface area (Å²) in [7, 11) is 0. The fourth-order valence-corrected chi connectivity index (χ4v) is 6.62. The van der Waals surface area contributed by atoms with E-state index in [9.17, 15) is 0 Å². The second-order valence-corrected chi connectivity index (χ2v) is 11.8. The number of nitrogens with one attached hydrogen (secondary N) is 1. The Morgan fingerprint density at radius 1 is 0.468 bits per heavy atom. The Morgan fingerprint density at radius 3 is 1.85 bits per heavy atom. The van der Waals surface area contributed by atoms with E-state index in [-0.39, 0.29) is 6.17 Å². The lowest BCUT2D eigenvalue weighted by Crippen LogP contribution is -2.33. The van der Waals surface area contributed by atoms with Crippen molar-refractivity contribution >= 4 is 44.4 Å². The summed E-state index contributed by atoms with van der Waals surface area (Å²) < 4.78 is 6.49. The molecule has 7 aromatic carbocycles. The summed E-state index contributed by atoms with van der Waals surface area (Å²) in [5.41, 5.74) is 9.33. The highest BCUT2D eigenvalue weighted by atomic mass is 16.3. The maximum Gasteiger partial charge on any atom is 0.159 e. The van der Waals surface area contributed by atoms with Crippen LogP contribution in [0.15, 0.2) is 178 Å². The van der Waals surface area contributed by atoms with Gasteiger partial charge in [-0.15, -0.1) is 0 Å². The summed E-state index contributed by atoms with van der Waals surface area (Å²) in [4.78, 5) is 10.2. The molecule has 0 spiro atoms. The lowest BCUT2D eigenvalue weighted by atomic mass is 9.94. The Morgan fingerprint density at radius 2 is 1.09 bits per heavy atom. The molecule has 0 aliphatic carbocycles. The summed E-state index contributed by atoms with van der Waals surface area (Å²) in [6.45, 7) is 0. The van der Waals surface area contributed by atoms with Gasteiger partial charge in [-0.2, -0.15) is 0 Å². The van der Waals surface area contributed by atoms with Gasteiger partial charge in [-0.05, 0) is 56.8 Å². The molecule has 0 fully saturated rings. The largest absolute Gasteiger partial charge is 0.456 e. The van der Waals surface area contributed by atoms with E-state index >= 15 is 0 Å². The number of aliphatic imine (C=N–C) groups is 2. The number of furan rings is 1. The Labute approximate surface area is 272 Å². The van der Waals surface area contributed by atoms with Gasteiger partial charge in [0.05, 0.1) is 0 Å². The van der Waals surface area contributed by atoms with Crippen molar-refractivity contribution in [3.63, 3.8) is 0 Å². The van der Waals surface area contributed by atoms with Crippen molar-refractivity contribution in [1.29, 1.82) is 0 Å². The second-order valence-electron chi connectivity index (χ2n) is 11.8. The zero-order valence-electron chi connectivity index (χ0n) is 25.5. The van der Waals surface area contributed by atoms with E-state index in [1.54, 1.807) is 0 Å². The zero-order valence-corrected chi connectivity index (χ0v) is 25.5. The van der Waals surface area contributed by atoms with Crippen LogP contribution in [0.25, 0.3) is 55.0 Å². The van der Waals surface area contributed by atoms with Gasteiger partial charge in [-0.25, -0.2) is 9.98 Å². The molecule has 0 radical (unpaired) electrons. The molecule has 47 heavy (non-hydrogen) atoms. The Hall–Kier alpha value is -6.26. The first-order valence-corrected chi connectivity index (χ1v) is 15.9. The molecule has 1 aliphatic heterocycles. The predicted molar refractivity (Wildman–Crippen MR) is 194 cm³/mol. The number of amidine groups is 2. The molecule has 9 rings (SSSR count). The molecule has 0 amide bonds. The summed E-state index contributed by atoms with van der Waals surface area (Å²) in [6.07, 6.45) is -0.283. The van der Waals surface area contributed by atoms with Crippen LogP contribution >= 0.6 is 0 Å². The molecule has 1 atom stereocenters. The maximum absolute atomic E-state index is 6.49. The van der Waals surface area contributed by atoms with Crippen molar-refractivity contribution in [2.75, 3.05) is 0 Å². The average molecular weight is 604 g/mol. The Balaban J connectivity index is 1.18. The number of benzene rings is 7. The lowest BCUT2D eigenvalue weighted by Gasteiger charge is -2.24. The fraction of sp³-hybridized carbons (Fsp3) is 0.0233. The maximum atomic E-state index is 6.49. The Bertz CT molecular complexity index is 2480. The number of hydrogen-bond acceptors (Lipinski definition) is 4. The van der Waals surface area contributed by atoms with Gasteiger partial charge in [0.1, 0.15) is 23.2 Å². The van der Waals surface area contributed by atoms with Crippen LogP contribution in [0.2, 0.25) is 0 Å². The standard InChI is InChI=1S/C43H29N3O/c1-3-12-31(13-4-1)41-44-42(32-14-5-2-6-15-32)46-43(45-41)36-18-10-20-38-40(36)39-35(17-9-19-37(39)47-38)30-24-21-29(22-25-30)34-26-23-28-11-7-8-16-33(28)27-34/h1-27,41H,(H,44,45,46). The van der Waals surface area contributed by atoms with Gasteiger partial charge in [-0.1, -0.05) is 146 Å². The van der Waals surface area contributed by atoms with Crippen molar-refractivity contribution in [2.45, 2.75) is 6.17 Å².